The van der Waals surface area contributed by atoms with Crippen molar-refractivity contribution in [2.24, 2.45) is 0 Å². The van der Waals surface area contributed by atoms with Crippen LogP contribution in [0.3, 0.4) is 0 Å². The number of amides is 2. The summed E-state index contributed by atoms with van der Waals surface area (Å²) >= 11 is 0. The molecule has 4 heterocycles. The lowest BCUT2D eigenvalue weighted by Crippen LogP contribution is -2.39. The average molecular weight is 448 g/mol. The predicted octanol–water partition coefficient (Wildman–Crippen LogP) is 3.33. The lowest BCUT2D eigenvalue weighted by molar-refractivity contribution is -0.131. The van der Waals surface area contributed by atoms with E-state index in [4.69, 9.17) is 9.97 Å². The highest BCUT2D eigenvalue weighted by Gasteiger charge is 2.34. The van der Waals surface area contributed by atoms with Crippen LogP contribution in [0.2, 0.25) is 0 Å². The second-order valence-electron chi connectivity index (χ2n) is 9.65. The normalized spacial score (nSPS) is 21.0. The van der Waals surface area contributed by atoms with E-state index in [1.54, 1.807) is 0 Å². The summed E-state index contributed by atoms with van der Waals surface area (Å²) in [5.41, 5.74) is 4.32. The minimum absolute atomic E-state index is 0.0267. The Hall–Kier alpha value is -2.80. The van der Waals surface area contributed by atoms with E-state index in [9.17, 15) is 9.59 Å². The maximum Gasteiger partial charge on any atom is 0.236 e. The van der Waals surface area contributed by atoms with Crippen molar-refractivity contribution in [1.82, 2.24) is 19.8 Å². The third kappa shape index (κ3) is 4.51. The van der Waals surface area contributed by atoms with Gasteiger partial charge in [-0.2, -0.15) is 0 Å². The van der Waals surface area contributed by atoms with Gasteiger partial charge in [-0.05, 0) is 58.1 Å². The van der Waals surface area contributed by atoms with Crippen LogP contribution >= 0.6 is 0 Å². The number of aromatic nitrogens is 2. The third-order valence-corrected chi connectivity index (χ3v) is 7.28. The van der Waals surface area contributed by atoms with Gasteiger partial charge in [0.05, 0.1) is 19.1 Å². The zero-order chi connectivity index (χ0) is 22.9. The molecule has 1 atom stereocenters. The monoisotopic (exact) mass is 447 g/mol. The second kappa shape index (κ2) is 9.21. The molecule has 2 fully saturated rings. The van der Waals surface area contributed by atoms with Crippen molar-refractivity contribution in [3.8, 4) is 0 Å². The van der Waals surface area contributed by atoms with Gasteiger partial charge in [0.15, 0.2) is 0 Å². The van der Waals surface area contributed by atoms with E-state index < -0.39 is 0 Å². The number of carbonyl (C=O) groups is 2. The van der Waals surface area contributed by atoms with Gasteiger partial charge in [0, 0.05) is 30.8 Å². The van der Waals surface area contributed by atoms with Gasteiger partial charge >= 0.3 is 0 Å². The molecule has 0 radical (unpaired) electrons. The second-order valence-corrected chi connectivity index (χ2v) is 9.65. The van der Waals surface area contributed by atoms with Gasteiger partial charge in [0.25, 0.3) is 0 Å². The number of benzene rings is 1. The lowest BCUT2D eigenvalue weighted by atomic mass is 10.0. The molecular formula is C26H33N5O2. The van der Waals surface area contributed by atoms with E-state index in [2.05, 4.69) is 36.1 Å². The number of likely N-dealkylation sites (tertiary alicyclic amines) is 2. The number of carbonyl (C=O) groups excluding carboxylic acids is 2. The lowest BCUT2D eigenvalue weighted by Gasteiger charge is -2.31. The maximum atomic E-state index is 12.9. The molecule has 0 N–H and O–H groups in total. The molecule has 3 aliphatic rings. The van der Waals surface area contributed by atoms with Crippen LogP contribution in [0, 0.1) is 13.8 Å². The van der Waals surface area contributed by atoms with Crippen molar-refractivity contribution in [1.29, 1.82) is 0 Å². The van der Waals surface area contributed by atoms with E-state index in [0.717, 1.165) is 73.8 Å². The molecule has 2 saturated heterocycles. The first-order chi connectivity index (χ1) is 16.0. The van der Waals surface area contributed by atoms with E-state index in [-0.39, 0.29) is 17.9 Å². The van der Waals surface area contributed by atoms with Gasteiger partial charge in [0.1, 0.15) is 11.6 Å². The Kier molecular flexibility index (Phi) is 6.15. The Balaban J connectivity index is 1.41. The third-order valence-electron chi connectivity index (χ3n) is 7.28. The molecule has 2 amide bonds. The first kappa shape index (κ1) is 22.0. The fourth-order valence-electron chi connectivity index (χ4n) is 5.34. The van der Waals surface area contributed by atoms with E-state index in [1.165, 1.54) is 5.56 Å². The first-order valence-electron chi connectivity index (χ1n) is 12.2. The largest absolute Gasteiger partial charge is 0.342 e. The summed E-state index contributed by atoms with van der Waals surface area (Å²) in [5, 5.41) is 0. The van der Waals surface area contributed by atoms with Crippen molar-refractivity contribution >= 4 is 17.6 Å². The Morgan fingerprint density at radius 3 is 2.52 bits per heavy atom. The molecule has 1 aromatic heterocycles. The summed E-state index contributed by atoms with van der Waals surface area (Å²) in [6.45, 7) is 7.67. The fourth-order valence-corrected chi connectivity index (χ4v) is 5.34. The molecule has 0 bridgehead atoms. The Labute approximate surface area is 195 Å². The van der Waals surface area contributed by atoms with Crippen molar-refractivity contribution in [3.05, 3.63) is 52.5 Å². The van der Waals surface area contributed by atoms with E-state index >= 15 is 0 Å². The minimum atomic E-state index is 0.0267. The fraction of sp³-hybridized carbons (Fsp3) is 0.538. The van der Waals surface area contributed by atoms with Gasteiger partial charge in [-0.3, -0.25) is 19.4 Å². The van der Waals surface area contributed by atoms with Crippen molar-refractivity contribution in [2.75, 3.05) is 31.1 Å². The molecule has 33 heavy (non-hydrogen) atoms. The Morgan fingerprint density at radius 2 is 1.76 bits per heavy atom. The summed E-state index contributed by atoms with van der Waals surface area (Å²) in [5.74, 6) is 1.83. The van der Waals surface area contributed by atoms with Crippen molar-refractivity contribution < 1.29 is 9.59 Å². The van der Waals surface area contributed by atoms with Crippen LogP contribution < -0.4 is 4.90 Å². The highest BCUT2D eigenvalue weighted by molar-refractivity contribution is 5.95. The summed E-state index contributed by atoms with van der Waals surface area (Å²) in [7, 11) is 0. The molecule has 5 rings (SSSR count). The molecular weight excluding hydrogens is 414 g/mol. The molecule has 0 saturated carbocycles. The number of hydrogen-bond donors (Lipinski definition) is 0. The van der Waals surface area contributed by atoms with Crippen LogP contribution in [-0.4, -0.2) is 57.8 Å². The number of rotatable bonds is 5. The zero-order valence-electron chi connectivity index (χ0n) is 19.7. The quantitative estimate of drug-likeness (QED) is 0.703. The molecule has 7 nitrogen and oxygen atoms in total. The van der Waals surface area contributed by atoms with Gasteiger partial charge in [0.2, 0.25) is 11.8 Å². The maximum absolute atomic E-state index is 12.9. The number of nitrogens with zero attached hydrogens (tertiary/aromatic N) is 5. The molecule has 0 aliphatic carbocycles. The summed E-state index contributed by atoms with van der Waals surface area (Å²) in [4.78, 5) is 41.6. The zero-order valence-corrected chi connectivity index (χ0v) is 19.7. The van der Waals surface area contributed by atoms with Crippen molar-refractivity contribution in [3.63, 3.8) is 0 Å². The van der Waals surface area contributed by atoms with Crippen LogP contribution in [0.1, 0.15) is 66.4 Å². The average Bonchev–Trinajstić information content (AvgIpc) is 3.49. The highest BCUT2D eigenvalue weighted by Crippen LogP contribution is 2.35. The number of hydrogen-bond acceptors (Lipinski definition) is 5. The molecule has 0 unspecified atom stereocenters. The van der Waals surface area contributed by atoms with Crippen LogP contribution in [0.25, 0.3) is 0 Å². The molecule has 1 aromatic carbocycles. The molecule has 0 spiro atoms. The van der Waals surface area contributed by atoms with Gasteiger partial charge < -0.3 is 4.90 Å². The SMILES string of the molecule is Cc1ccc(CN2C(=O)CCc3c(C)nc([C@H]4CCCN4CC(=O)N4CCCC4)nc32)cc1. The summed E-state index contributed by atoms with van der Waals surface area (Å²) in [6.07, 6.45) is 5.36. The standard InChI is InChI=1S/C26H33N5O2/c1-18-7-9-20(10-8-18)16-31-23(32)12-11-21-19(2)27-25(28-26(21)31)22-6-5-15-30(22)17-24(33)29-13-3-4-14-29/h7-10,22H,3-6,11-17H2,1-2H3/t22-/m1/s1. The van der Waals surface area contributed by atoms with E-state index in [1.807, 2.05) is 16.7 Å². The number of aryl methyl sites for hydroxylation is 2. The minimum Gasteiger partial charge on any atom is -0.342 e. The molecule has 3 aliphatic heterocycles. The van der Waals surface area contributed by atoms with Gasteiger partial charge in [-0.1, -0.05) is 29.8 Å². The smallest absolute Gasteiger partial charge is 0.236 e. The van der Waals surface area contributed by atoms with E-state index in [0.29, 0.717) is 25.9 Å². The number of fused-ring (bicyclic) bond motifs is 1. The van der Waals surface area contributed by atoms with Crippen LogP contribution in [0.5, 0.6) is 0 Å². The highest BCUT2D eigenvalue weighted by atomic mass is 16.2. The van der Waals surface area contributed by atoms with Gasteiger partial charge in [-0.25, -0.2) is 9.97 Å². The van der Waals surface area contributed by atoms with Gasteiger partial charge in [-0.15, -0.1) is 0 Å². The van der Waals surface area contributed by atoms with Crippen LogP contribution in [0.4, 0.5) is 5.82 Å². The Morgan fingerprint density at radius 1 is 1.00 bits per heavy atom. The van der Waals surface area contributed by atoms with Crippen molar-refractivity contribution in [2.45, 2.75) is 65.0 Å². The van der Waals surface area contributed by atoms with Crippen LogP contribution in [-0.2, 0) is 22.6 Å². The molecule has 2 aromatic rings. The Bertz CT molecular complexity index is 1050. The first-order valence-corrected chi connectivity index (χ1v) is 12.2. The number of anilines is 1. The predicted molar refractivity (Wildman–Crippen MR) is 127 cm³/mol. The molecule has 7 heteroatoms. The van der Waals surface area contributed by atoms with Crippen LogP contribution in [0.15, 0.2) is 24.3 Å². The molecule has 174 valence electrons. The summed E-state index contributed by atoms with van der Waals surface area (Å²) in [6, 6.07) is 8.34. The topological polar surface area (TPSA) is 69.6 Å². The summed E-state index contributed by atoms with van der Waals surface area (Å²) < 4.78 is 0.